The summed E-state index contributed by atoms with van der Waals surface area (Å²) in [6, 6.07) is 19.2. The highest BCUT2D eigenvalue weighted by Gasteiger charge is 2.11. The third kappa shape index (κ3) is 3.48. The lowest BCUT2D eigenvalue weighted by atomic mass is 10.1. The van der Waals surface area contributed by atoms with Crippen molar-refractivity contribution in [3.63, 3.8) is 0 Å². The van der Waals surface area contributed by atoms with E-state index in [4.69, 9.17) is 16.0 Å². The Morgan fingerprint density at radius 2 is 1.73 bits per heavy atom. The molecular weight excluding hydrogens is 414 g/mol. The molecule has 26 heavy (non-hydrogen) atoms. The summed E-state index contributed by atoms with van der Waals surface area (Å²) in [6.07, 6.45) is 2.58. The van der Waals surface area contributed by atoms with E-state index in [1.807, 2.05) is 30.3 Å². The first-order valence-electron chi connectivity index (χ1n) is 8.23. The SMILES string of the molecule is O=c1c2cc(-c3ccc(Cl)cc3)oc2ccn1CCc1ccc(Br)cc1. The first kappa shape index (κ1) is 17.1. The smallest absolute Gasteiger partial charge is 0.261 e. The molecule has 0 saturated heterocycles. The first-order valence-corrected chi connectivity index (χ1v) is 9.40. The molecule has 0 bridgehead atoms. The second-order valence-electron chi connectivity index (χ2n) is 6.09. The monoisotopic (exact) mass is 427 g/mol. The molecule has 3 nitrogen and oxygen atoms in total. The minimum Gasteiger partial charge on any atom is -0.456 e. The lowest BCUT2D eigenvalue weighted by Gasteiger charge is -2.05. The molecule has 0 spiro atoms. The molecule has 0 N–H and O–H groups in total. The summed E-state index contributed by atoms with van der Waals surface area (Å²) in [5.41, 5.74) is 2.64. The van der Waals surface area contributed by atoms with Gasteiger partial charge in [-0.1, -0.05) is 39.7 Å². The van der Waals surface area contributed by atoms with Crippen molar-refractivity contribution in [3.05, 3.63) is 92.3 Å². The van der Waals surface area contributed by atoms with Crippen molar-refractivity contribution in [2.75, 3.05) is 0 Å². The van der Waals surface area contributed by atoms with E-state index in [0.717, 1.165) is 16.5 Å². The van der Waals surface area contributed by atoms with E-state index in [2.05, 4.69) is 28.1 Å². The topological polar surface area (TPSA) is 35.1 Å². The Bertz CT molecular complexity index is 1110. The van der Waals surface area contributed by atoms with Gasteiger partial charge in [0.1, 0.15) is 11.3 Å². The molecule has 2 heterocycles. The molecule has 0 aliphatic heterocycles. The molecule has 2 aromatic heterocycles. The van der Waals surface area contributed by atoms with Gasteiger partial charge in [0, 0.05) is 27.8 Å². The number of hydrogen-bond donors (Lipinski definition) is 0. The van der Waals surface area contributed by atoms with Crippen LogP contribution in [0.15, 0.2) is 80.5 Å². The Labute approximate surface area is 164 Å². The second kappa shape index (κ2) is 7.14. The number of aryl methyl sites for hydroxylation is 2. The molecule has 0 saturated carbocycles. The van der Waals surface area contributed by atoms with Crippen LogP contribution in [0.4, 0.5) is 0 Å². The Morgan fingerprint density at radius 1 is 1.00 bits per heavy atom. The highest BCUT2D eigenvalue weighted by Crippen LogP contribution is 2.27. The van der Waals surface area contributed by atoms with Crippen LogP contribution in [0.3, 0.4) is 0 Å². The van der Waals surface area contributed by atoms with Crippen LogP contribution in [0.25, 0.3) is 22.3 Å². The van der Waals surface area contributed by atoms with E-state index < -0.39 is 0 Å². The van der Waals surface area contributed by atoms with Crippen molar-refractivity contribution in [1.29, 1.82) is 0 Å². The van der Waals surface area contributed by atoms with Crippen LogP contribution in [0.2, 0.25) is 5.02 Å². The van der Waals surface area contributed by atoms with Gasteiger partial charge in [-0.3, -0.25) is 4.79 Å². The highest BCUT2D eigenvalue weighted by molar-refractivity contribution is 9.10. The van der Waals surface area contributed by atoms with Gasteiger partial charge >= 0.3 is 0 Å². The maximum absolute atomic E-state index is 12.8. The van der Waals surface area contributed by atoms with Gasteiger partial charge in [0.15, 0.2) is 0 Å². The van der Waals surface area contributed by atoms with Crippen molar-refractivity contribution < 1.29 is 4.42 Å². The summed E-state index contributed by atoms with van der Waals surface area (Å²) in [4.78, 5) is 12.8. The van der Waals surface area contributed by atoms with Crippen LogP contribution in [0, 0.1) is 0 Å². The van der Waals surface area contributed by atoms with Gasteiger partial charge in [-0.25, -0.2) is 0 Å². The van der Waals surface area contributed by atoms with Crippen molar-refractivity contribution in [1.82, 2.24) is 4.57 Å². The lowest BCUT2D eigenvalue weighted by molar-refractivity contribution is 0.625. The van der Waals surface area contributed by atoms with E-state index in [1.165, 1.54) is 5.56 Å². The number of fused-ring (bicyclic) bond motifs is 1. The molecular formula is C21H15BrClNO2. The normalized spacial score (nSPS) is 11.2. The van der Waals surface area contributed by atoms with Gasteiger partial charge in [0.05, 0.1) is 5.39 Å². The fraction of sp³-hybridized carbons (Fsp3) is 0.0952. The van der Waals surface area contributed by atoms with Crippen LogP contribution < -0.4 is 5.56 Å². The number of hydrogen-bond acceptors (Lipinski definition) is 2. The second-order valence-corrected chi connectivity index (χ2v) is 7.44. The van der Waals surface area contributed by atoms with Crippen molar-refractivity contribution >= 4 is 38.5 Å². The molecule has 0 aliphatic carbocycles. The third-order valence-electron chi connectivity index (χ3n) is 4.34. The number of halogens is 2. The summed E-state index contributed by atoms with van der Waals surface area (Å²) in [7, 11) is 0. The zero-order valence-corrected chi connectivity index (χ0v) is 16.1. The van der Waals surface area contributed by atoms with Gasteiger partial charge in [-0.2, -0.15) is 0 Å². The van der Waals surface area contributed by atoms with Crippen molar-refractivity contribution in [3.8, 4) is 11.3 Å². The van der Waals surface area contributed by atoms with Crippen LogP contribution >= 0.6 is 27.5 Å². The van der Waals surface area contributed by atoms with E-state index in [-0.39, 0.29) is 5.56 Å². The van der Waals surface area contributed by atoms with Crippen LogP contribution in [-0.2, 0) is 13.0 Å². The molecule has 4 rings (SSSR count). The predicted molar refractivity (Wildman–Crippen MR) is 109 cm³/mol. The molecule has 130 valence electrons. The Balaban J connectivity index is 1.63. The van der Waals surface area contributed by atoms with E-state index in [0.29, 0.717) is 28.3 Å². The third-order valence-corrected chi connectivity index (χ3v) is 5.12. The maximum Gasteiger partial charge on any atom is 0.261 e. The van der Waals surface area contributed by atoms with Crippen LogP contribution in [0.1, 0.15) is 5.56 Å². The Kier molecular flexibility index (Phi) is 4.70. The molecule has 0 fully saturated rings. The van der Waals surface area contributed by atoms with Crippen molar-refractivity contribution in [2.45, 2.75) is 13.0 Å². The molecule has 0 radical (unpaired) electrons. The largest absolute Gasteiger partial charge is 0.456 e. The minimum atomic E-state index is -0.0384. The molecule has 0 atom stereocenters. The standard InChI is InChI=1S/C21H15BrClNO2/c22-16-5-1-14(2-6-16)9-11-24-12-10-19-18(21(24)25)13-20(26-19)15-3-7-17(23)8-4-15/h1-8,10,12-13H,9,11H2. The number of nitrogens with zero attached hydrogens (tertiary/aromatic N) is 1. The number of furan rings is 1. The Morgan fingerprint density at radius 3 is 2.46 bits per heavy atom. The molecule has 5 heteroatoms. The van der Waals surface area contributed by atoms with Gasteiger partial charge < -0.3 is 8.98 Å². The highest BCUT2D eigenvalue weighted by atomic mass is 79.9. The number of benzene rings is 2. The molecule has 4 aromatic rings. The van der Waals surface area contributed by atoms with Gasteiger partial charge in [-0.15, -0.1) is 0 Å². The molecule has 2 aromatic carbocycles. The Hall–Kier alpha value is -2.30. The summed E-state index contributed by atoms with van der Waals surface area (Å²) < 4.78 is 8.62. The van der Waals surface area contributed by atoms with Gasteiger partial charge in [0.25, 0.3) is 5.56 Å². The average molecular weight is 429 g/mol. The van der Waals surface area contributed by atoms with Crippen LogP contribution in [0.5, 0.6) is 0 Å². The minimum absolute atomic E-state index is 0.0384. The van der Waals surface area contributed by atoms with Crippen molar-refractivity contribution in [2.24, 2.45) is 0 Å². The van der Waals surface area contributed by atoms with Crippen LogP contribution in [-0.4, -0.2) is 4.57 Å². The van der Waals surface area contributed by atoms with E-state index in [9.17, 15) is 4.79 Å². The number of aromatic nitrogens is 1. The first-order chi connectivity index (χ1) is 12.6. The van der Waals surface area contributed by atoms with Gasteiger partial charge in [-0.05, 0) is 60.5 Å². The zero-order valence-electron chi connectivity index (χ0n) is 13.8. The summed E-state index contributed by atoms with van der Waals surface area (Å²) in [6.45, 7) is 0.623. The molecule has 0 amide bonds. The summed E-state index contributed by atoms with van der Waals surface area (Å²) >= 11 is 9.36. The molecule has 0 aliphatic rings. The quantitative estimate of drug-likeness (QED) is 0.404. The average Bonchev–Trinajstić information content (AvgIpc) is 3.08. The molecule has 0 unspecified atom stereocenters. The predicted octanol–water partition coefficient (Wildman–Crippen LogP) is 5.92. The number of pyridine rings is 1. The van der Waals surface area contributed by atoms with E-state index >= 15 is 0 Å². The zero-order chi connectivity index (χ0) is 18.1. The fourth-order valence-electron chi connectivity index (χ4n) is 2.91. The number of rotatable bonds is 4. The summed E-state index contributed by atoms with van der Waals surface area (Å²) in [5.74, 6) is 0.666. The van der Waals surface area contributed by atoms with E-state index in [1.54, 1.807) is 29.0 Å². The summed E-state index contributed by atoms with van der Waals surface area (Å²) in [5, 5.41) is 1.26. The maximum atomic E-state index is 12.8. The lowest BCUT2D eigenvalue weighted by Crippen LogP contribution is -2.19. The fourth-order valence-corrected chi connectivity index (χ4v) is 3.30. The van der Waals surface area contributed by atoms with Gasteiger partial charge in [0.2, 0.25) is 0 Å².